The van der Waals surface area contributed by atoms with E-state index in [0.717, 1.165) is 33.4 Å². The van der Waals surface area contributed by atoms with E-state index in [0.29, 0.717) is 0 Å². The zero-order chi connectivity index (χ0) is 13.2. The molecule has 0 atom stereocenters. The van der Waals surface area contributed by atoms with E-state index in [2.05, 4.69) is 40.7 Å². The lowest BCUT2D eigenvalue weighted by Gasteiger charge is -2.06. The molecule has 0 aliphatic carbocycles. The molecule has 0 bridgehead atoms. The summed E-state index contributed by atoms with van der Waals surface area (Å²) in [4.78, 5) is 8.16. The number of rotatable bonds is 2. The summed E-state index contributed by atoms with van der Waals surface area (Å²) in [5.74, 6) is 1.33. The second-order valence-corrected chi connectivity index (χ2v) is 6.15. The van der Waals surface area contributed by atoms with E-state index in [1.807, 2.05) is 0 Å². The van der Waals surface area contributed by atoms with Gasteiger partial charge in [-0.25, -0.2) is 9.97 Å². The van der Waals surface area contributed by atoms with Crippen LogP contribution in [0.5, 0.6) is 0 Å². The first-order valence-electron chi connectivity index (χ1n) is 6.12. The van der Waals surface area contributed by atoms with Gasteiger partial charge in [0.05, 0.1) is 4.47 Å². The largest absolute Gasteiger partial charge is 0.368 e. The minimum Gasteiger partial charge on any atom is -0.368 e. The maximum Gasteiger partial charge on any atom is 0.221 e. The molecule has 0 saturated carbocycles. The number of aromatic nitrogens is 5. The van der Waals surface area contributed by atoms with Crippen molar-refractivity contribution in [2.75, 3.05) is 5.73 Å². The lowest BCUT2D eigenvalue weighted by molar-refractivity contribution is 0.590. The van der Waals surface area contributed by atoms with Crippen molar-refractivity contribution < 1.29 is 0 Å². The average molecular weight is 341 g/mol. The summed E-state index contributed by atoms with van der Waals surface area (Å²) in [5, 5.41) is 10.2. The Bertz CT molecular complexity index is 599. The van der Waals surface area contributed by atoms with Crippen LogP contribution >= 0.6 is 27.7 Å². The van der Waals surface area contributed by atoms with Gasteiger partial charge in [0.25, 0.3) is 0 Å². The number of anilines is 1. The molecule has 0 aromatic carbocycles. The third-order valence-corrected chi connectivity index (χ3v) is 4.83. The van der Waals surface area contributed by atoms with E-state index in [-0.39, 0.29) is 5.95 Å². The van der Waals surface area contributed by atoms with Crippen LogP contribution < -0.4 is 5.73 Å². The van der Waals surface area contributed by atoms with Gasteiger partial charge in [0.1, 0.15) is 10.9 Å². The molecular formula is C11H13BrN6S. The van der Waals surface area contributed by atoms with Crippen LogP contribution in [0.2, 0.25) is 0 Å². The molecule has 0 amide bonds. The molecule has 0 fully saturated rings. The molecule has 1 aliphatic rings. The summed E-state index contributed by atoms with van der Waals surface area (Å²) >= 11 is 4.90. The van der Waals surface area contributed by atoms with E-state index < -0.39 is 0 Å². The van der Waals surface area contributed by atoms with E-state index in [1.165, 1.54) is 31.0 Å². The Morgan fingerprint density at radius 1 is 1.26 bits per heavy atom. The lowest BCUT2D eigenvalue weighted by atomic mass is 10.2. The molecule has 0 unspecified atom stereocenters. The molecule has 2 aromatic heterocycles. The zero-order valence-electron chi connectivity index (χ0n) is 10.2. The Balaban J connectivity index is 1.91. The number of nitrogen functional groups attached to an aromatic ring is 1. The maximum atomic E-state index is 5.62. The van der Waals surface area contributed by atoms with Gasteiger partial charge in [0.2, 0.25) is 5.95 Å². The summed E-state index contributed by atoms with van der Waals surface area (Å²) in [6.45, 7) is 0.975. The normalized spacial score (nSPS) is 15.0. The molecule has 6 nitrogen and oxygen atoms in total. The van der Waals surface area contributed by atoms with E-state index >= 15 is 0 Å². The average Bonchev–Trinajstić information content (AvgIpc) is 2.62. The number of aryl methyl sites for hydroxylation is 1. The molecular weight excluding hydrogens is 328 g/mol. The molecule has 0 spiro atoms. The number of hydrogen-bond acceptors (Lipinski definition) is 6. The van der Waals surface area contributed by atoms with Crippen LogP contribution in [0.25, 0.3) is 0 Å². The number of halogens is 1. The molecule has 2 aromatic rings. The summed E-state index contributed by atoms with van der Waals surface area (Å²) in [6.07, 6.45) is 6.27. The second-order valence-electron chi connectivity index (χ2n) is 4.34. The highest BCUT2D eigenvalue weighted by molar-refractivity contribution is 9.10. The minimum atomic E-state index is 0.265. The van der Waals surface area contributed by atoms with Crippen LogP contribution in [0.15, 0.2) is 20.9 Å². The van der Waals surface area contributed by atoms with Crippen molar-refractivity contribution in [3.63, 3.8) is 0 Å². The first kappa shape index (κ1) is 12.9. The number of nitrogens with two attached hydrogens (primary N) is 1. The molecule has 100 valence electrons. The van der Waals surface area contributed by atoms with E-state index in [1.54, 1.807) is 6.20 Å². The molecule has 3 rings (SSSR count). The van der Waals surface area contributed by atoms with Gasteiger partial charge in [0.15, 0.2) is 5.16 Å². The highest BCUT2D eigenvalue weighted by Crippen LogP contribution is 2.32. The fourth-order valence-corrected chi connectivity index (χ4v) is 3.34. The summed E-state index contributed by atoms with van der Waals surface area (Å²) in [5.41, 5.74) is 5.62. The van der Waals surface area contributed by atoms with Crippen molar-refractivity contribution in [1.82, 2.24) is 24.7 Å². The first-order valence-corrected chi connectivity index (χ1v) is 7.73. The van der Waals surface area contributed by atoms with Gasteiger partial charge in [0, 0.05) is 19.2 Å². The van der Waals surface area contributed by atoms with Crippen molar-refractivity contribution in [2.45, 2.75) is 42.4 Å². The van der Waals surface area contributed by atoms with Gasteiger partial charge in [-0.2, -0.15) is 0 Å². The van der Waals surface area contributed by atoms with Crippen LogP contribution in [0.1, 0.15) is 25.1 Å². The van der Waals surface area contributed by atoms with Crippen molar-refractivity contribution in [1.29, 1.82) is 0 Å². The fraction of sp³-hybridized carbons (Fsp3) is 0.455. The van der Waals surface area contributed by atoms with Crippen LogP contribution in [0.3, 0.4) is 0 Å². The Morgan fingerprint density at radius 2 is 2.16 bits per heavy atom. The topological polar surface area (TPSA) is 82.5 Å². The number of fused-ring (bicyclic) bond motifs is 1. The second kappa shape index (κ2) is 5.46. The number of hydrogen-bond donors (Lipinski definition) is 1. The molecule has 0 radical (unpaired) electrons. The standard InChI is InChI=1S/C11H13BrN6S/c12-7-6-14-10(13)15-9(7)19-11-17-16-8-4-2-1-3-5-18(8)11/h6H,1-5H2,(H2,13,14,15). The fourth-order valence-electron chi connectivity index (χ4n) is 2.06. The zero-order valence-corrected chi connectivity index (χ0v) is 12.6. The van der Waals surface area contributed by atoms with Crippen LogP contribution in [0, 0.1) is 0 Å². The van der Waals surface area contributed by atoms with Gasteiger partial charge in [-0.1, -0.05) is 6.42 Å². The van der Waals surface area contributed by atoms with E-state index in [4.69, 9.17) is 5.73 Å². The van der Waals surface area contributed by atoms with Crippen molar-refractivity contribution in [2.24, 2.45) is 0 Å². The quantitative estimate of drug-likeness (QED) is 0.844. The predicted molar refractivity (Wildman–Crippen MR) is 75.8 cm³/mol. The Morgan fingerprint density at radius 3 is 3.05 bits per heavy atom. The lowest BCUT2D eigenvalue weighted by Crippen LogP contribution is -2.03. The van der Waals surface area contributed by atoms with Gasteiger partial charge in [-0.05, 0) is 40.5 Å². The third-order valence-electron chi connectivity index (χ3n) is 2.99. The number of nitrogens with zero attached hydrogens (tertiary/aromatic N) is 5. The van der Waals surface area contributed by atoms with Gasteiger partial charge < -0.3 is 10.3 Å². The van der Waals surface area contributed by atoms with Crippen LogP contribution in [-0.2, 0) is 13.0 Å². The van der Waals surface area contributed by atoms with Crippen molar-refractivity contribution in [3.8, 4) is 0 Å². The van der Waals surface area contributed by atoms with E-state index in [9.17, 15) is 0 Å². The molecule has 1 aliphatic heterocycles. The monoisotopic (exact) mass is 340 g/mol. The molecule has 2 N–H and O–H groups in total. The Kier molecular flexibility index (Phi) is 3.69. The molecule has 0 saturated heterocycles. The van der Waals surface area contributed by atoms with Crippen LogP contribution in [0.4, 0.5) is 5.95 Å². The van der Waals surface area contributed by atoms with Crippen molar-refractivity contribution in [3.05, 3.63) is 16.5 Å². The maximum absolute atomic E-state index is 5.62. The summed E-state index contributed by atoms with van der Waals surface area (Å²) in [7, 11) is 0. The third kappa shape index (κ3) is 2.74. The Hall–Kier alpha value is -1.15. The first-order chi connectivity index (χ1) is 9.24. The Labute approximate surface area is 123 Å². The molecule has 8 heteroatoms. The minimum absolute atomic E-state index is 0.265. The highest BCUT2D eigenvalue weighted by Gasteiger charge is 2.17. The SMILES string of the molecule is Nc1ncc(Br)c(Sc2nnc3n2CCCCC3)n1. The van der Waals surface area contributed by atoms with Crippen LogP contribution in [-0.4, -0.2) is 24.7 Å². The smallest absolute Gasteiger partial charge is 0.221 e. The molecule has 19 heavy (non-hydrogen) atoms. The highest BCUT2D eigenvalue weighted by atomic mass is 79.9. The van der Waals surface area contributed by atoms with Gasteiger partial charge in [-0.15, -0.1) is 10.2 Å². The summed E-state index contributed by atoms with van der Waals surface area (Å²) in [6, 6.07) is 0. The van der Waals surface area contributed by atoms with Gasteiger partial charge >= 0.3 is 0 Å². The van der Waals surface area contributed by atoms with Crippen molar-refractivity contribution >= 4 is 33.6 Å². The predicted octanol–water partition coefficient (Wildman–Crippen LogP) is 2.29. The molecule has 3 heterocycles. The summed E-state index contributed by atoms with van der Waals surface area (Å²) < 4.78 is 3.00. The van der Waals surface area contributed by atoms with Gasteiger partial charge in [-0.3, -0.25) is 0 Å².